The molecule has 0 bridgehead atoms. The molecular formula is C14H20BrN3O3. The van der Waals surface area contributed by atoms with Crippen LogP contribution in [-0.2, 0) is 4.74 Å². The minimum absolute atomic E-state index is 0.00420. The van der Waals surface area contributed by atoms with Crippen molar-refractivity contribution in [1.29, 1.82) is 0 Å². The van der Waals surface area contributed by atoms with Gasteiger partial charge in [0.15, 0.2) is 0 Å². The van der Waals surface area contributed by atoms with Gasteiger partial charge in [0.05, 0.1) is 24.9 Å². The summed E-state index contributed by atoms with van der Waals surface area (Å²) in [6.07, 6.45) is -0.00420. The van der Waals surface area contributed by atoms with Crippen molar-refractivity contribution in [3.05, 3.63) is 22.2 Å². The van der Waals surface area contributed by atoms with Crippen molar-refractivity contribution in [2.24, 2.45) is 0 Å². The van der Waals surface area contributed by atoms with Crippen LogP contribution in [0.25, 0.3) is 0 Å². The number of hydrogen-bond donors (Lipinski definition) is 3. The number of rotatable bonds is 5. The third kappa shape index (κ3) is 4.33. The summed E-state index contributed by atoms with van der Waals surface area (Å²) in [5.74, 6) is 0.284. The Bertz CT molecular complexity index is 504. The Hall–Kier alpha value is -1.31. The van der Waals surface area contributed by atoms with Crippen LogP contribution in [0.4, 0.5) is 5.69 Å². The quantitative estimate of drug-likeness (QED) is 0.688. The molecule has 7 heteroatoms. The van der Waals surface area contributed by atoms with Crippen LogP contribution in [0.2, 0.25) is 0 Å². The molecule has 0 saturated carbocycles. The topological polar surface area (TPSA) is 85.6 Å². The van der Waals surface area contributed by atoms with Gasteiger partial charge in [-0.25, -0.2) is 0 Å². The Balaban J connectivity index is 2.04. The number of nitrogens with two attached hydrogens (primary N) is 1. The first-order valence-corrected chi connectivity index (χ1v) is 7.73. The van der Waals surface area contributed by atoms with Gasteiger partial charge in [0.2, 0.25) is 0 Å². The molecule has 0 radical (unpaired) electrons. The molecule has 1 amide bonds. The van der Waals surface area contributed by atoms with Gasteiger partial charge < -0.3 is 25.8 Å². The van der Waals surface area contributed by atoms with Crippen molar-refractivity contribution in [3.63, 3.8) is 0 Å². The monoisotopic (exact) mass is 357 g/mol. The maximum Gasteiger partial charge on any atom is 0.255 e. The van der Waals surface area contributed by atoms with Crippen molar-refractivity contribution in [3.8, 4) is 5.75 Å². The number of amides is 1. The molecule has 1 atom stereocenters. The first kappa shape index (κ1) is 16.1. The van der Waals surface area contributed by atoms with E-state index >= 15 is 0 Å². The lowest BCUT2D eigenvalue weighted by Crippen LogP contribution is -2.45. The van der Waals surface area contributed by atoms with Crippen LogP contribution in [0.5, 0.6) is 5.75 Å². The van der Waals surface area contributed by atoms with E-state index in [0.717, 1.165) is 13.1 Å². The molecule has 0 spiro atoms. The number of anilines is 1. The summed E-state index contributed by atoms with van der Waals surface area (Å²) in [5, 5.41) is 6.09. The molecule has 1 aromatic carbocycles. The fraction of sp³-hybridized carbons (Fsp3) is 0.500. The predicted octanol–water partition coefficient (Wildman–Crippen LogP) is 1.15. The maximum atomic E-state index is 12.3. The van der Waals surface area contributed by atoms with E-state index in [0.29, 0.717) is 41.2 Å². The van der Waals surface area contributed by atoms with E-state index in [4.69, 9.17) is 15.2 Å². The first-order valence-electron chi connectivity index (χ1n) is 6.94. The second kappa shape index (κ2) is 7.63. The van der Waals surface area contributed by atoms with Crippen molar-refractivity contribution in [1.82, 2.24) is 10.6 Å². The number of carbonyl (C=O) groups is 1. The molecule has 1 aliphatic heterocycles. The second-order valence-electron chi connectivity index (χ2n) is 4.71. The molecule has 1 heterocycles. The van der Waals surface area contributed by atoms with Gasteiger partial charge in [-0.1, -0.05) is 0 Å². The molecule has 0 aromatic heterocycles. The van der Waals surface area contributed by atoms with Gasteiger partial charge in [-0.05, 0) is 28.9 Å². The smallest absolute Gasteiger partial charge is 0.255 e. The average molecular weight is 358 g/mol. The summed E-state index contributed by atoms with van der Waals surface area (Å²) in [4.78, 5) is 12.3. The van der Waals surface area contributed by atoms with Crippen LogP contribution in [-0.4, -0.2) is 44.9 Å². The Morgan fingerprint density at radius 3 is 3.10 bits per heavy atom. The zero-order chi connectivity index (χ0) is 15.2. The van der Waals surface area contributed by atoms with Gasteiger partial charge in [0, 0.05) is 35.9 Å². The SMILES string of the molecule is CCOc1cc(N)c(Br)cc1C(=O)NCC1CNCCO1. The standard InChI is InChI=1S/C14H20BrN3O3/c1-2-20-13-6-12(16)11(15)5-10(13)14(19)18-8-9-7-17-3-4-21-9/h5-6,9,17H,2-4,7-8,16H2,1H3,(H,18,19). The number of nitrogen functional groups attached to an aromatic ring is 1. The fourth-order valence-electron chi connectivity index (χ4n) is 2.07. The van der Waals surface area contributed by atoms with Crippen molar-refractivity contribution >= 4 is 27.5 Å². The highest BCUT2D eigenvalue weighted by molar-refractivity contribution is 9.10. The van der Waals surface area contributed by atoms with Gasteiger partial charge in [-0.3, -0.25) is 4.79 Å². The Kier molecular flexibility index (Phi) is 5.84. The van der Waals surface area contributed by atoms with Crippen molar-refractivity contribution in [2.75, 3.05) is 38.6 Å². The summed E-state index contributed by atoms with van der Waals surface area (Å²) >= 11 is 3.33. The van der Waals surface area contributed by atoms with Gasteiger partial charge in [0.1, 0.15) is 5.75 Å². The molecule has 1 fully saturated rings. The lowest BCUT2D eigenvalue weighted by molar-refractivity contribution is 0.0287. The third-order valence-corrected chi connectivity index (χ3v) is 3.82. The minimum Gasteiger partial charge on any atom is -0.493 e. The highest BCUT2D eigenvalue weighted by Gasteiger charge is 2.18. The Labute approximate surface area is 132 Å². The molecule has 1 saturated heterocycles. The van der Waals surface area contributed by atoms with E-state index in [-0.39, 0.29) is 12.0 Å². The normalized spacial score (nSPS) is 18.3. The van der Waals surface area contributed by atoms with E-state index in [1.165, 1.54) is 0 Å². The summed E-state index contributed by atoms with van der Waals surface area (Å²) in [6, 6.07) is 3.33. The first-order chi connectivity index (χ1) is 10.1. The number of halogens is 1. The average Bonchev–Trinajstić information content (AvgIpc) is 2.49. The van der Waals surface area contributed by atoms with Crippen molar-refractivity contribution < 1.29 is 14.3 Å². The second-order valence-corrected chi connectivity index (χ2v) is 5.56. The van der Waals surface area contributed by atoms with Gasteiger partial charge >= 0.3 is 0 Å². The molecule has 6 nitrogen and oxygen atoms in total. The molecule has 21 heavy (non-hydrogen) atoms. The Morgan fingerprint density at radius 2 is 2.43 bits per heavy atom. The summed E-state index contributed by atoms with van der Waals surface area (Å²) in [7, 11) is 0. The summed E-state index contributed by atoms with van der Waals surface area (Å²) in [6.45, 7) is 5.05. The fourth-order valence-corrected chi connectivity index (χ4v) is 2.42. The van der Waals surface area contributed by atoms with Crippen molar-refractivity contribution in [2.45, 2.75) is 13.0 Å². The van der Waals surface area contributed by atoms with Crippen LogP contribution >= 0.6 is 15.9 Å². The van der Waals surface area contributed by atoms with Gasteiger partial charge in [-0.2, -0.15) is 0 Å². The molecule has 2 rings (SSSR count). The molecule has 1 aliphatic rings. The van der Waals surface area contributed by atoms with Gasteiger partial charge in [-0.15, -0.1) is 0 Å². The third-order valence-electron chi connectivity index (χ3n) is 3.14. The molecule has 1 unspecified atom stereocenters. The molecular weight excluding hydrogens is 338 g/mol. The van der Waals surface area contributed by atoms with E-state index in [1.807, 2.05) is 6.92 Å². The van der Waals surface area contributed by atoms with Gasteiger partial charge in [0.25, 0.3) is 5.91 Å². The summed E-state index contributed by atoms with van der Waals surface area (Å²) < 4.78 is 11.7. The lowest BCUT2D eigenvalue weighted by atomic mass is 10.1. The van der Waals surface area contributed by atoms with E-state index in [1.54, 1.807) is 12.1 Å². The number of hydrogen-bond acceptors (Lipinski definition) is 5. The van der Waals surface area contributed by atoms with E-state index < -0.39 is 0 Å². The van der Waals surface area contributed by atoms with Crippen LogP contribution in [0.15, 0.2) is 16.6 Å². The van der Waals surface area contributed by atoms with Crippen LogP contribution in [0.1, 0.15) is 17.3 Å². The van der Waals surface area contributed by atoms with Crippen LogP contribution in [0, 0.1) is 0 Å². The Morgan fingerprint density at radius 1 is 1.62 bits per heavy atom. The van der Waals surface area contributed by atoms with E-state index in [9.17, 15) is 4.79 Å². The number of ether oxygens (including phenoxy) is 2. The highest BCUT2D eigenvalue weighted by Crippen LogP contribution is 2.29. The molecule has 0 aliphatic carbocycles. The van der Waals surface area contributed by atoms with Crippen LogP contribution < -0.4 is 21.1 Å². The highest BCUT2D eigenvalue weighted by atomic mass is 79.9. The summed E-state index contributed by atoms with van der Waals surface area (Å²) in [5.41, 5.74) is 6.82. The minimum atomic E-state index is -0.201. The zero-order valence-corrected chi connectivity index (χ0v) is 13.5. The number of morpholine rings is 1. The molecule has 1 aromatic rings. The lowest BCUT2D eigenvalue weighted by Gasteiger charge is -2.24. The molecule has 4 N–H and O–H groups in total. The largest absolute Gasteiger partial charge is 0.493 e. The zero-order valence-electron chi connectivity index (χ0n) is 11.9. The van der Waals surface area contributed by atoms with E-state index in [2.05, 4.69) is 26.6 Å². The maximum absolute atomic E-state index is 12.3. The number of nitrogens with one attached hydrogen (secondary N) is 2. The number of carbonyl (C=O) groups excluding carboxylic acids is 1. The van der Waals surface area contributed by atoms with Crippen LogP contribution in [0.3, 0.4) is 0 Å². The molecule has 116 valence electrons. The number of benzene rings is 1. The predicted molar refractivity (Wildman–Crippen MR) is 84.7 cm³/mol.